The Labute approximate surface area is 107 Å². The summed E-state index contributed by atoms with van der Waals surface area (Å²) in [7, 11) is 1.92. The van der Waals surface area contributed by atoms with Gasteiger partial charge in [0.05, 0.1) is 11.3 Å². The van der Waals surface area contributed by atoms with Crippen molar-refractivity contribution in [3.63, 3.8) is 0 Å². The van der Waals surface area contributed by atoms with Crippen molar-refractivity contribution in [1.29, 1.82) is 0 Å². The van der Waals surface area contributed by atoms with Crippen LogP contribution in [0, 0.1) is 6.92 Å². The van der Waals surface area contributed by atoms with Gasteiger partial charge in [0.15, 0.2) is 5.82 Å². The van der Waals surface area contributed by atoms with E-state index < -0.39 is 5.60 Å². The monoisotopic (exact) mass is 245 g/mol. The molecule has 96 valence electrons. The molecule has 0 atom stereocenters. The average molecular weight is 245 g/mol. The minimum atomic E-state index is -0.761. The van der Waals surface area contributed by atoms with Gasteiger partial charge in [0.2, 0.25) is 0 Å². The van der Waals surface area contributed by atoms with Crippen molar-refractivity contribution in [2.75, 3.05) is 18.5 Å². The van der Waals surface area contributed by atoms with Crippen LogP contribution in [0.25, 0.3) is 10.8 Å². The van der Waals surface area contributed by atoms with Gasteiger partial charge >= 0.3 is 0 Å². The van der Waals surface area contributed by atoms with Gasteiger partial charge in [-0.15, -0.1) is 5.10 Å². The molecule has 4 nitrogen and oxygen atoms in total. The summed E-state index contributed by atoms with van der Waals surface area (Å²) < 4.78 is 0. The maximum atomic E-state index is 9.89. The van der Waals surface area contributed by atoms with Crippen LogP contribution in [0.3, 0.4) is 0 Å². The van der Waals surface area contributed by atoms with Crippen LogP contribution in [-0.2, 0) is 0 Å². The third kappa shape index (κ3) is 2.59. The molecule has 0 saturated carbocycles. The average Bonchev–Trinajstić information content (AvgIpc) is 2.27. The van der Waals surface area contributed by atoms with Crippen LogP contribution in [-0.4, -0.2) is 34.5 Å². The Morgan fingerprint density at radius 2 is 1.78 bits per heavy atom. The molecule has 0 unspecified atom stereocenters. The van der Waals surface area contributed by atoms with E-state index in [0.29, 0.717) is 6.54 Å². The summed E-state index contributed by atoms with van der Waals surface area (Å²) in [5.41, 5.74) is 0.161. The third-order valence-electron chi connectivity index (χ3n) is 2.84. The van der Waals surface area contributed by atoms with Crippen molar-refractivity contribution in [2.45, 2.75) is 26.4 Å². The van der Waals surface area contributed by atoms with Gasteiger partial charge in [0.25, 0.3) is 0 Å². The zero-order chi connectivity index (χ0) is 13.3. The Bertz CT molecular complexity index is 560. The summed E-state index contributed by atoms with van der Waals surface area (Å²) in [5.74, 6) is 0.804. The van der Waals surface area contributed by atoms with Crippen molar-refractivity contribution in [3.8, 4) is 0 Å². The van der Waals surface area contributed by atoms with Gasteiger partial charge in [0.1, 0.15) is 0 Å². The highest BCUT2D eigenvalue weighted by Crippen LogP contribution is 2.25. The quantitative estimate of drug-likeness (QED) is 0.900. The van der Waals surface area contributed by atoms with Gasteiger partial charge in [-0.05, 0) is 20.8 Å². The number of nitrogens with zero attached hydrogens (tertiary/aromatic N) is 3. The Kier molecular flexibility index (Phi) is 3.22. The molecule has 0 aliphatic heterocycles. The number of anilines is 1. The molecule has 0 amide bonds. The van der Waals surface area contributed by atoms with E-state index >= 15 is 0 Å². The number of hydrogen-bond acceptors (Lipinski definition) is 4. The molecule has 0 radical (unpaired) electrons. The number of rotatable bonds is 3. The molecule has 1 heterocycles. The Balaban J connectivity index is 2.49. The summed E-state index contributed by atoms with van der Waals surface area (Å²) in [4.78, 5) is 1.94. The van der Waals surface area contributed by atoms with Crippen molar-refractivity contribution < 1.29 is 5.11 Å². The first-order valence-electron chi connectivity index (χ1n) is 6.04. The highest BCUT2D eigenvalue weighted by Gasteiger charge is 2.18. The fourth-order valence-electron chi connectivity index (χ4n) is 2.16. The van der Waals surface area contributed by atoms with E-state index in [9.17, 15) is 5.11 Å². The molecule has 18 heavy (non-hydrogen) atoms. The van der Waals surface area contributed by atoms with Crippen molar-refractivity contribution >= 4 is 16.6 Å². The van der Waals surface area contributed by atoms with Crippen LogP contribution in [0.15, 0.2) is 24.3 Å². The molecule has 1 N–H and O–H groups in total. The second-order valence-electron chi connectivity index (χ2n) is 5.32. The second kappa shape index (κ2) is 4.53. The van der Waals surface area contributed by atoms with Crippen LogP contribution in [0.4, 0.5) is 5.82 Å². The lowest BCUT2D eigenvalue weighted by Gasteiger charge is -2.26. The van der Waals surface area contributed by atoms with Gasteiger partial charge in [0, 0.05) is 24.4 Å². The number of aromatic nitrogens is 2. The minimum absolute atomic E-state index is 0.509. The number of aryl methyl sites for hydroxylation is 1. The topological polar surface area (TPSA) is 49.2 Å². The van der Waals surface area contributed by atoms with E-state index in [4.69, 9.17) is 0 Å². The summed E-state index contributed by atoms with van der Waals surface area (Å²) in [6.45, 7) is 6.03. The zero-order valence-electron chi connectivity index (χ0n) is 11.3. The van der Waals surface area contributed by atoms with E-state index in [1.807, 2.05) is 43.1 Å². The van der Waals surface area contributed by atoms with Crippen molar-refractivity contribution in [3.05, 3.63) is 30.0 Å². The lowest BCUT2D eigenvalue weighted by Crippen LogP contribution is -2.36. The SMILES string of the molecule is Cc1nnc(N(C)CC(C)(C)O)c2ccccc12. The molecular formula is C14H19N3O. The van der Waals surface area contributed by atoms with Gasteiger partial charge in [-0.2, -0.15) is 5.10 Å². The molecule has 0 aliphatic carbocycles. The van der Waals surface area contributed by atoms with E-state index in [0.717, 1.165) is 22.3 Å². The molecule has 0 bridgehead atoms. The molecule has 0 aliphatic rings. The normalized spacial score (nSPS) is 11.8. The van der Waals surface area contributed by atoms with E-state index in [2.05, 4.69) is 10.2 Å². The number of benzene rings is 1. The number of aliphatic hydroxyl groups is 1. The maximum Gasteiger partial charge on any atom is 0.159 e. The first-order chi connectivity index (χ1) is 8.38. The standard InChI is InChI=1S/C14H19N3O/c1-10-11-7-5-6-8-12(11)13(16-15-10)17(4)9-14(2,3)18/h5-8,18H,9H2,1-4H3. The molecule has 0 fully saturated rings. The van der Waals surface area contributed by atoms with Gasteiger partial charge in [-0.3, -0.25) is 0 Å². The lowest BCUT2D eigenvalue weighted by atomic mass is 10.1. The van der Waals surface area contributed by atoms with Gasteiger partial charge < -0.3 is 10.0 Å². The molecule has 1 aromatic carbocycles. The van der Waals surface area contributed by atoms with Crippen LogP contribution in [0.2, 0.25) is 0 Å². The Morgan fingerprint density at radius 3 is 2.39 bits per heavy atom. The highest BCUT2D eigenvalue weighted by atomic mass is 16.3. The molecule has 2 rings (SSSR count). The molecule has 0 spiro atoms. The maximum absolute atomic E-state index is 9.89. The molecule has 1 aromatic heterocycles. The fraction of sp³-hybridized carbons (Fsp3) is 0.429. The summed E-state index contributed by atoms with van der Waals surface area (Å²) >= 11 is 0. The third-order valence-corrected chi connectivity index (χ3v) is 2.84. The predicted molar refractivity (Wildman–Crippen MR) is 73.8 cm³/mol. The van der Waals surface area contributed by atoms with Crippen molar-refractivity contribution in [2.24, 2.45) is 0 Å². The van der Waals surface area contributed by atoms with Gasteiger partial charge in [-0.25, -0.2) is 0 Å². The van der Waals surface area contributed by atoms with Crippen LogP contribution >= 0.6 is 0 Å². The largest absolute Gasteiger partial charge is 0.389 e. The van der Waals surface area contributed by atoms with E-state index in [-0.39, 0.29) is 0 Å². The van der Waals surface area contributed by atoms with Crippen LogP contribution < -0.4 is 4.90 Å². The van der Waals surface area contributed by atoms with E-state index in [1.165, 1.54) is 0 Å². The van der Waals surface area contributed by atoms with Crippen molar-refractivity contribution in [1.82, 2.24) is 10.2 Å². The number of hydrogen-bond donors (Lipinski definition) is 1. The molecular weight excluding hydrogens is 226 g/mol. The van der Waals surface area contributed by atoms with Gasteiger partial charge in [-0.1, -0.05) is 24.3 Å². The summed E-state index contributed by atoms with van der Waals surface area (Å²) in [5, 5.41) is 20.5. The minimum Gasteiger partial charge on any atom is -0.389 e. The highest BCUT2D eigenvalue weighted by molar-refractivity contribution is 5.93. The predicted octanol–water partition coefficient (Wildman–Crippen LogP) is 2.15. The fourth-order valence-corrected chi connectivity index (χ4v) is 2.16. The Hall–Kier alpha value is -1.68. The second-order valence-corrected chi connectivity index (χ2v) is 5.32. The molecule has 2 aromatic rings. The van der Waals surface area contributed by atoms with E-state index in [1.54, 1.807) is 13.8 Å². The molecule has 0 saturated heterocycles. The summed E-state index contributed by atoms with van der Waals surface area (Å²) in [6.07, 6.45) is 0. The van der Waals surface area contributed by atoms with Crippen LogP contribution in [0.5, 0.6) is 0 Å². The molecule has 4 heteroatoms. The Morgan fingerprint density at radius 1 is 1.17 bits per heavy atom. The first kappa shape index (κ1) is 12.8. The van der Waals surface area contributed by atoms with Crippen LogP contribution in [0.1, 0.15) is 19.5 Å². The smallest absolute Gasteiger partial charge is 0.159 e. The zero-order valence-corrected chi connectivity index (χ0v) is 11.3. The number of likely N-dealkylation sites (N-methyl/N-ethyl adjacent to an activating group) is 1. The summed E-state index contributed by atoms with van der Waals surface area (Å²) in [6, 6.07) is 8.07. The number of fused-ring (bicyclic) bond motifs is 1. The lowest BCUT2D eigenvalue weighted by molar-refractivity contribution is 0.0885. The first-order valence-corrected chi connectivity index (χ1v) is 6.04.